The monoisotopic (exact) mass is 462 g/mol. The Hall–Kier alpha value is -3.24. The van der Waals surface area contributed by atoms with E-state index in [-0.39, 0.29) is 29.9 Å². The van der Waals surface area contributed by atoms with Crippen molar-refractivity contribution in [2.75, 3.05) is 19.6 Å². The van der Waals surface area contributed by atoms with Gasteiger partial charge in [0.05, 0.1) is 35.7 Å². The molecule has 1 aromatic carbocycles. The zero-order valence-electron chi connectivity index (χ0n) is 17.8. The first-order valence-electron chi connectivity index (χ1n) is 10.8. The first kappa shape index (κ1) is 21.6. The van der Waals surface area contributed by atoms with Crippen molar-refractivity contribution in [3.8, 4) is 5.69 Å². The van der Waals surface area contributed by atoms with Crippen LogP contribution in [0.5, 0.6) is 0 Å². The molecule has 0 aliphatic carbocycles. The molecule has 174 valence electrons. The quantitative estimate of drug-likeness (QED) is 0.643. The minimum Gasteiger partial charge on any atom is -0.351 e. The van der Waals surface area contributed by atoms with E-state index < -0.39 is 23.6 Å². The number of hydrogen-bond donors (Lipinski definition) is 0. The molecule has 11 heteroatoms. The minimum absolute atomic E-state index is 0.127. The maximum atomic E-state index is 14.0. The molecule has 2 aromatic rings. The van der Waals surface area contributed by atoms with E-state index in [1.807, 2.05) is 4.90 Å². The highest BCUT2D eigenvalue weighted by Gasteiger charge is 2.46. The Morgan fingerprint density at radius 2 is 1.91 bits per heavy atom. The maximum absolute atomic E-state index is 14.0. The molecule has 1 amide bonds. The fraction of sp³-hybridized carbons (Fsp3) is 0.455. The summed E-state index contributed by atoms with van der Waals surface area (Å²) in [6.07, 6.45) is 0.251. The van der Waals surface area contributed by atoms with E-state index in [1.165, 1.54) is 29.3 Å². The van der Waals surface area contributed by atoms with Gasteiger partial charge in [0.25, 0.3) is 5.91 Å². The van der Waals surface area contributed by atoms with Gasteiger partial charge in [0.1, 0.15) is 11.7 Å². The van der Waals surface area contributed by atoms with Crippen molar-refractivity contribution in [3.05, 3.63) is 53.6 Å². The van der Waals surface area contributed by atoms with Gasteiger partial charge < -0.3 is 9.80 Å². The summed E-state index contributed by atoms with van der Waals surface area (Å²) in [5, 5.41) is 8.08. The molecular weight excluding hydrogens is 440 g/mol. The maximum Gasteiger partial charge on any atom is 0.412 e. The van der Waals surface area contributed by atoms with E-state index in [4.69, 9.17) is 0 Å². The molecule has 5 rings (SSSR count). The van der Waals surface area contributed by atoms with Gasteiger partial charge in [0, 0.05) is 31.1 Å². The van der Waals surface area contributed by atoms with Crippen LogP contribution in [0.3, 0.4) is 0 Å². The van der Waals surface area contributed by atoms with E-state index >= 15 is 0 Å². The fourth-order valence-corrected chi connectivity index (χ4v) is 4.80. The van der Waals surface area contributed by atoms with Crippen LogP contribution in [0.1, 0.15) is 30.1 Å². The van der Waals surface area contributed by atoms with Crippen molar-refractivity contribution in [2.45, 2.75) is 38.0 Å². The van der Waals surface area contributed by atoms with E-state index in [9.17, 15) is 22.4 Å². The third-order valence-electron chi connectivity index (χ3n) is 6.49. The molecule has 0 radical (unpaired) electrons. The predicted molar refractivity (Wildman–Crippen MR) is 111 cm³/mol. The Morgan fingerprint density at radius 3 is 2.64 bits per heavy atom. The topological polar surface area (TPSA) is 66.6 Å². The van der Waals surface area contributed by atoms with E-state index in [0.29, 0.717) is 31.2 Å². The Kier molecular flexibility index (Phi) is 5.21. The number of fused-ring (bicyclic) bond motifs is 1. The summed E-state index contributed by atoms with van der Waals surface area (Å²) >= 11 is 0. The second-order valence-electron chi connectivity index (χ2n) is 8.71. The molecular formula is C22H22F4N6O. The lowest BCUT2D eigenvalue weighted by Crippen LogP contribution is -2.66. The molecule has 0 N–H and O–H groups in total. The van der Waals surface area contributed by atoms with Crippen LogP contribution in [0.15, 0.2) is 47.2 Å². The van der Waals surface area contributed by atoms with Gasteiger partial charge in [-0.15, -0.1) is 0 Å². The molecule has 0 spiro atoms. The van der Waals surface area contributed by atoms with Crippen molar-refractivity contribution in [1.29, 1.82) is 0 Å². The fourth-order valence-electron chi connectivity index (χ4n) is 4.80. The number of amidine groups is 1. The highest BCUT2D eigenvalue weighted by Crippen LogP contribution is 2.37. The van der Waals surface area contributed by atoms with E-state index in [0.717, 1.165) is 18.6 Å². The smallest absolute Gasteiger partial charge is 0.351 e. The molecule has 3 unspecified atom stereocenters. The number of halogens is 4. The first-order chi connectivity index (χ1) is 15.7. The molecule has 2 saturated heterocycles. The molecule has 3 aliphatic heterocycles. The second kappa shape index (κ2) is 7.96. The van der Waals surface area contributed by atoms with E-state index in [2.05, 4.69) is 15.2 Å². The average Bonchev–Trinajstić information content (AvgIpc) is 3.28. The van der Waals surface area contributed by atoms with Gasteiger partial charge in [-0.2, -0.15) is 28.2 Å². The van der Waals surface area contributed by atoms with Crippen LogP contribution in [0.25, 0.3) is 5.69 Å². The van der Waals surface area contributed by atoms with Gasteiger partial charge >= 0.3 is 6.18 Å². The number of nitrogens with zero attached hydrogens (tertiary/aromatic N) is 6. The van der Waals surface area contributed by atoms with E-state index in [1.54, 1.807) is 11.8 Å². The lowest BCUT2D eigenvalue weighted by molar-refractivity contribution is -0.0947. The highest BCUT2D eigenvalue weighted by molar-refractivity contribution is 5.98. The van der Waals surface area contributed by atoms with Crippen LogP contribution in [-0.2, 0) is 0 Å². The number of aromatic nitrogens is 3. The van der Waals surface area contributed by atoms with Crippen LogP contribution < -0.4 is 0 Å². The van der Waals surface area contributed by atoms with Crippen LogP contribution in [-0.4, -0.2) is 74.4 Å². The van der Waals surface area contributed by atoms with Gasteiger partial charge in [-0.25, -0.2) is 4.39 Å². The zero-order valence-corrected chi connectivity index (χ0v) is 17.8. The molecule has 4 heterocycles. The summed E-state index contributed by atoms with van der Waals surface area (Å²) in [6, 6.07) is 3.27. The number of dihydropyridines is 1. The lowest BCUT2D eigenvalue weighted by atomic mass is 9.81. The van der Waals surface area contributed by atoms with Gasteiger partial charge in [0.2, 0.25) is 0 Å². The van der Waals surface area contributed by atoms with Crippen molar-refractivity contribution < 1.29 is 22.4 Å². The largest absolute Gasteiger partial charge is 0.412 e. The van der Waals surface area contributed by atoms with Gasteiger partial charge in [-0.05, 0) is 44.0 Å². The summed E-state index contributed by atoms with van der Waals surface area (Å²) in [7, 11) is 0. The van der Waals surface area contributed by atoms with Crippen molar-refractivity contribution >= 4 is 11.7 Å². The normalized spacial score (nSPS) is 25.2. The summed E-state index contributed by atoms with van der Waals surface area (Å²) < 4.78 is 53.9. The number of carbonyl (C=O) groups excluding carboxylic acids is 1. The number of likely N-dealkylation sites (tertiary alicyclic amines) is 2. The number of amides is 1. The highest BCUT2D eigenvalue weighted by atomic mass is 19.4. The third kappa shape index (κ3) is 4.00. The molecule has 33 heavy (non-hydrogen) atoms. The molecule has 0 bridgehead atoms. The second-order valence-corrected chi connectivity index (χ2v) is 8.71. The number of carbonyl (C=O) groups is 1. The molecule has 1 aromatic heterocycles. The number of piperidine rings is 1. The zero-order chi connectivity index (χ0) is 23.3. The predicted octanol–water partition coefficient (Wildman–Crippen LogP) is 3.23. The molecule has 3 atom stereocenters. The standard InChI is InChI=1S/C22H22F4N6O/c1-13-8-15(22(24,25)26)9-20(29-13)31-11-14-4-7-30(12-19(14)31)21(33)17-10-16(23)2-3-18(17)32-27-5-6-28-32/h2-3,5-6,9-10,13-14,19H,4,7-8,11-12H2,1H3. The molecule has 2 fully saturated rings. The third-order valence-corrected chi connectivity index (χ3v) is 6.49. The Balaban J connectivity index is 1.37. The van der Waals surface area contributed by atoms with Gasteiger partial charge in [0.15, 0.2) is 0 Å². The van der Waals surface area contributed by atoms with Gasteiger partial charge in [-0.3, -0.25) is 9.79 Å². The molecule has 0 saturated carbocycles. The number of benzene rings is 1. The summed E-state index contributed by atoms with van der Waals surface area (Å²) in [6.45, 7) is 3.10. The summed E-state index contributed by atoms with van der Waals surface area (Å²) in [4.78, 5) is 22.5. The summed E-state index contributed by atoms with van der Waals surface area (Å²) in [5.74, 6) is -0.317. The van der Waals surface area contributed by atoms with Crippen LogP contribution in [0, 0.1) is 11.7 Å². The van der Waals surface area contributed by atoms with Crippen LogP contribution >= 0.6 is 0 Å². The number of hydrogen-bond acceptors (Lipinski definition) is 5. The number of alkyl halides is 3. The Bertz CT molecular complexity index is 1130. The average molecular weight is 462 g/mol. The van der Waals surface area contributed by atoms with Crippen LogP contribution in [0.2, 0.25) is 0 Å². The van der Waals surface area contributed by atoms with Crippen molar-refractivity contribution in [1.82, 2.24) is 24.8 Å². The lowest BCUT2D eigenvalue weighted by Gasteiger charge is -2.54. The molecule has 7 nitrogen and oxygen atoms in total. The Labute approximate surface area is 187 Å². The minimum atomic E-state index is -4.39. The number of aliphatic imine (C=N–C) groups is 1. The van der Waals surface area contributed by atoms with Crippen molar-refractivity contribution in [2.24, 2.45) is 10.9 Å². The van der Waals surface area contributed by atoms with Crippen molar-refractivity contribution in [3.63, 3.8) is 0 Å². The first-order valence-corrected chi connectivity index (χ1v) is 10.8. The van der Waals surface area contributed by atoms with Crippen LogP contribution in [0.4, 0.5) is 17.6 Å². The SMILES string of the molecule is CC1CC(C(F)(F)F)=CC(N2CC3CCN(C(=O)c4cc(F)ccc4-n4nccn4)CC32)=N1. The molecule has 3 aliphatic rings. The summed E-state index contributed by atoms with van der Waals surface area (Å²) in [5.41, 5.74) is -0.0797. The van der Waals surface area contributed by atoms with Gasteiger partial charge in [-0.1, -0.05) is 0 Å². The number of rotatable bonds is 2. The Morgan fingerprint density at radius 1 is 1.15 bits per heavy atom.